The molecule has 0 saturated carbocycles. The molecular weight excluding hydrogens is 491 g/mol. The molecule has 0 aliphatic carbocycles. The Morgan fingerprint density at radius 3 is 1.53 bits per heavy atom. The molecule has 1 heterocycles. The summed E-state index contributed by atoms with van der Waals surface area (Å²) < 4.78 is 58.1. The third-order valence-corrected chi connectivity index (χ3v) is 8.34. The van der Waals surface area contributed by atoms with E-state index < -0.39 is 38.0 Å². The molecule has 6 nitrogen and oxygen atoms in total. The molecule has 0 unspecified atom stereocenters. The lowest BCUT2D eigenvalue weighted by Crippen LogP contribution is -2.41. The van der Waals surface area contributed by atoms with Gasteiger partial charge in [-0.05, 0) is 61.8 Å². The van der Waals surface area contributed by atoms with E-state index in [0.717, 1.165) is 0 Å². The minimum Gasteiger partial charge on any atom is -0.399 e. The van der Waals surface area contributed by atoms with Crippen molar-refractivity contribution in [2.45, 2.75) is 48.7 Å². The van der Waals surface area contributed by atoms with E-state index in [2.05, 4.69) is 15.9 Å². The molecule has 0 amide bonds. The maximum atomic E-state index is 11.8. The Balaban J connectivity index is 0.000000248. The summed E-state index contributed by atoms with van der Waals surface area (Å²) in [4.78, 5) is 0.591. The van der Waals surface area contributed by atoms with Crippen LogP contribution >= 0.6 is 15.9 Å². The van der Waals surface area contributed by atoms with Gasteiger partial charge in [-0.25, -0.2) is 16.8 Å². The van der Waals surface area contributed by atoms with E-state index in [9.17, 15) is 16.8 Å². The predicted octanol–water partition coefficient (Wildman–Crippen LogP) is 3.24. The highest BCUT2D eigenvalue weighted by Gasteiger charge is 2.52. The van der Waals surface area contributed by atoms with Crippen molar-refractivity contribution in [1.82, 2.24) is 0 Å². The van der Waals surface area contributed by atoms with Crippen LogP contribution in [0.4, 0.5) is 0 Å². The molecule has 30 heavy (non-hydrogen) atoms. The van der Waals surface area contributed by atoms with Gasteiger partial charge in [-0.15, -0.1) is 0 Å². The SMILES string of the molecule is CC1(C)OB(c2ccccc2S(C)(=O)=O)OC1(C)C.CS(=O)(=O)c1ccccc1Br. The second kappa shape index (κ2) is 8.74. The zero-order valence-corrected chi connectivity index (χ0v) is 21.1. The zero-order valence-electron chi connectivity index (χ0n) is 17.8. The Bertz CT molecular complexity index is 1110. The van der Waals surface area contributed by atoms with Crippen LogP contribution in [0.1, 0.15) is 27.7 Å². The lowest BCUT2D eigenvalue weighted by atomic mass is 9.79. The average molecular weight is 517 g/mol. The monoisotopic (exact) mass is 516 g/mol. The van der Waals surface area contributed by atoms with E-state index in [0.29, 0.717) is 14.8 Å². The number of halogens is 1. The molecule has 0 aromatic heterocycles. The van der Waals surface area contributed by atoms with Crippen LogP contribution in [-0.4, -0.2) is 47.7 Å². The minimum atomic E-state index is -3.31. The van der Waals surface area contributed by atoms with Gasteiger partial charge in [0.1, 0.15) is 0 Å². The highest BCUT2D eigenvalue weighted by Crippen LogP contribution is 2.36. The summed E-state index contributed by atoms with van der Waals surface area (Å²) in [5, 5.41) is 0. The molecule has 0 spiro atoms. The Labute approximate surface area is 188 Å². The van der Waals surface area contributed by atoms with Crippen molar-refractivity contribution in [3.05, 3.63) is 53.0 Å². The topological polar surface area (TPSA) is 86.7 Å². The van der Waals surface area contributed by atoms with Crippen LogP contribution in [-0.2, 0) is 29.0 Å². The van der Waals surface area contributed by atoms with E-state index in [1.807, 2.05) is 27.7 Å². The molecule has 1 fully saturated rings. The van der Waals surface area contributed by atoms with Crippen LogP contribution in [0.15, 0.2) is 62.8 Å². The molecule has 0 bridgehead atoms. The van der Waals surface area contributed by atoms with Gasteiger partial charge in [-0.3, -0.25) is 0 Å². The first-order chi connectivity index (χ1) is 13.6. The average Bonchev–Trinajstić information content (AvgIpc) is 2.82. The van der Waals surface area contributed by atoms with E-state index in [1.165, 1.54) is 12.5 Å². The molecule has 0 atom stereocenters. The van der Waals surface area contributed by atoms with Crippen molar-refractivity contribution in [2.75, 3.05) is 12.5 Å². The normalized spacial score (nSPS) is 17.9. The van der Waals surface area contributed by atoms with Crippen molar-refractivity contribution in [1.29, 1.82) is 0 Å². The number of rotatable bonds is 3. The second-order valence-corrected chi connectivity index (χ2v) is 12.9. The highest BCUT2D eigenvalue weighted by molar-refractivity contribution is 9.10. The predicted molar refractivity (Wildman–Crippen MR) is 123 cm³/mol. The summed E-state index contributed by atoms with van der Waals surface area (Å²) in [6, 6.07) is 13.5. The fraction of sp³-hybridized carbons (Fsp3) is 0.400. The lowest BCUT2D eigenvalue weighted by Gasteiger charge is -2.32. The van der Waals surface area contributed by atoms with Gasteiger partial charge in [0.15, 0.2) is 19.7 Å². The molecular formula is C20H26BBrO6S2. The Morgan fingerprint density at radius 1 is 0.733 bits per heavy atom. The first-order valence-corrected chi connectivity index (χ1v) is 13.7. The molecule has 1 aliphatic rings. The van der Waals surface area contributed by atoms with Crippen molar-refractivity contribution >= 4 is 48.2 Å². The van der Waals surface area contributed by atoms with Crippen molar-refractivity contribution in [2.24, 2.45) is 0 Å². The summed E-state index contributed by atoms with van der Waals surface area (Å²) in [5.74, 6) is 0. The number of hydrogen-bond donors (Lipinski definition) is 0. The highest BCUT2D eigenvalue weighted by atomic mass is 79.9. The largest absolute Gasteiger partial charge is 0.496 e. The quantitative estimate of drug-likeness (QED) is 0.582. The second-order valence-electron chi connectivity index (χ2n) is 8.10. The Morgan fingerprint density at radius 2 is 1.13 bits per heavy atom. The maximum Gasteiger partial charge on any atom is 0.496 e. The number of hydrogen-bond acceptors (Lipinski definition) is 6. The van der Waals surface area contributed by atoms with Crippen molar-refractivity contribution in [3.63, 3.8) is 0 Å². The Kier molecular flexibility index (Phi) is 7.30. The maximum absolute atomic E-state index is 11.8. The fourth-order valence-corrected chi connectivity index (χ4v) is 5.56. The molecule has 0 radical (unpaired) electrons. The zero-order chi connectivity index (χ0) is 23.0. The van der Waals surface area contributed by atoms with Crippen LogP contribution < -0.4 is 5.46 Å². The summed E-state index contributed by atoms with van der Waals surface area (Å²) in [7, 11) is -7.04. The molecule has 2 aromatic carbocycles. The van der Waals surface area contributed by atoms with E-state index in [-0.39, 0.29) is 4.90 Å². The molecule has 0 N–H and O–H groups in total. The van der Waals surface area contributed by atoms with E-state index >= 15 is 0 Å². The smallest absolute Gasteiger partial charge is 0.399 e. The molecule has 10 heteroatoms. The van der Waals surface area contributed by atoms with Gasteiger partial charge in [0.05, 0.1) is 21.0 Å². The summed E-state index contributed by atoms with van der Waals surface area (Å²) in [6.07, 6.45) is 2.38. The van der Waals surface area contributed by atoms with Crippen LogP contribution in [0.2, 0.25) is 0 Å². The summed E-state index contributed by atoms with van der Waals surface area (Å²) in [6.45, 7) is 7.76. The third kappa shape index (κ3) is 5.73. The van der Waals surface area contributed by atoms with Gasteiger partial charge in [0.25, 0.3) is 0 Å². The minimum absolute atomic E-state index is 0.258. The first-order valence-electron chi connectivity index (χ1n) is 9.15. The third-order valence-electron chi connectivity index (χ3n) is 5.06. The first kappa shape index (κ1) is 25.1. The summed E-state index contributed by atoms with van der Waals surface area (Å²) in [5.41, 5.74) is -0.409. The van der Waals surface area contributed by atoms with Crippen LogP contribution in [0.3, 0.4) is 0 Å². The molecule has 2 aromatic rings. The van der Waals surface area contributed by atoms with Crippen LogP contribution in [0.5, 0.6) is 0 Å². The van der Waals surface area contributed by atoms with Gasteiger partial charge in [-0.1, -0.05) is 30.3 Å². The lowest BCUT2D eigenvalue weighted by molar-refractivity contribution is 0.00578. The van der Waals surface area contributed by atoms with Crippen molar-refractivity contribution in [3.8, 4) is 0 Å². The van der Waals surface area contributed by atoms with Gasteiger partial charge in [-0.2, -0.15) is 0 Å². The van der Waals surface area contributed by atoms with Gasteiger partial charge >= 0.3 is 7.12 Å². The Hall–Kier alpha value is -1.20. The van der Waals surface area contributed by atoms with E-state index in [4.69, 9.17) is 9.31 Å². The molecule has 1 saturated heterocycles. The van der Waals surface area contributed by atoms with Gasteiger partial charge in [0.2, 0.25) is 0 Å². The molecule has 1 aliphatic heterocycles. The standard InChI is InChI=1S/C13H19BO4S.C7H7BrO2S/c1-12(2)13(3,4)18-14(17-12)10-8-6-7-9-11(10)19(5,15)16;1-11(9,10)7-5-3-2-4-6(7)8/h6-9H,1-5H3;2-5H,1H3. The molecule has 164 valence electrons. The van der Waals surface area contributed by atoms with E-state index in [1.54, 1.807) is 48.5 Å². The summed E-state index contributed by atoms with van der Waals surface area (Å²) >= 11 is 3.15. The van der Waals surface area contributed by atoms with Crippen molar-refractivity contribution < 1.29 is 26.1 Å². The van der Waals surface area contributed by atoms with Gasteiger partial charge < -0.3 is 9.31 Å². The fourth-order valence-electron chi connectivity index (χ4n) is 2.73. The van der Waals surface area contributed by atoms with Crippen LogP contribution in [0.25, 0.3) is 0 Å². The molecule has 3 rings (SSSR count). The number of sulfone groups is 2. The van der Waals surface area contributed by atoms with Crippen LogP contribution in [0, 0.1) is 0 Å². The number of benzene rings is 2. The van der Waals surface area contributed by atoms with Gasteiger partial charge in [0, 0.05) is 22.4 Å².